The third kappa shape index (κ3) is 3.99. The number of carbonyl (C=O) groups is 1. The molecule has 0 fully saturated rings. The number of aliphatic hydroxyl groups excluding tert-OH is 1. The lowest BCUT2D eigenvalue weighted by atomic mass is 9.70. The number of hydrogen-bond donors (Lipinski definition) is 1. The standard InChI is InChI=1S/C26H22O2.C2H6O/c27-17-19-11-9-18(10-12-19)15-26(16-22-7-3-4-8-24(22)25(26)28)23-13-20-5-1-2-6-21(20)14-23;1-3-2/h1-13,17,25,28H,14-16H2;1-2H3. The molecule has 1 N–H and O–H groups in total. The monoisotopic (exact) mass is 412 g/mol. The fourth-order valence-corrected chi connectivity index (χ4v) is 4.94. The third-order valence-electron chi connectivity index (χ3n) is 6.42. The maximum atomic E-state index is 11.5. The summed E-state index contributed by atoms with van der Waals surface area (Å²) in [7, 11) is 3.25. The molecule has 158 valence electrons. The van der Waals surface area contributed by atoms with Gasteiger partial charge >= 0.3 is 0 Å². The normalized spacial score (nSPS) is 20.9. The molecule has 0 bridgehead atoms. The summed E-state index contributed by atoms with van der Waals surface area (Å²) in [5.41, 5.74) is 7.64. The summed E-state index contributed by atoms with van der Waals surface area (Å²) in [5.74, 6) is 0. The van der Waals surface area contributed by atoms with Gasteiger partial charge in [-0.3, -0.25) is 4.79 Å². The summed E-state index contributed by atoms with van der Waals surface area (Å²) < 4.78 is 4.25. The average Bonchev–Trinajstić information content (AvgIpc) is 3.35. The third-order valence-corrected chi connectivity index (χ3v) is 6.42. The highest BCUT2D eigenvalue weighted by Crippen LogP contribution is 2.54. The first kappa shape index (κ1) is 21.2. The number of carbonyl (C=O) groups excluding carboxylic acids is 1. The van der Waals surface area contributed by atoms with Crippen LogP contribution in [-0.2, 0) is 24.0 Å². The van der Waals surface area contributed by atoms with Crippen LogP contribution in [0.15, 0.2) is 78.4 Å². The van der Waals surface area contributed by atoms with Crippen molar-refractivity contribution in [3.63, 3.8) is 0 Å². The Bertz CT molecular complexity index is 1100. The maximum Gasteiger partial charge on any atom is 0.150 e. The van der Waals surface area contributed by atoms with Gasteiger partial charge in [0.15, 0.2) is 0 Å². The quantitative estimate of drug-likeness (QED) is 0.598. The van der Waals surface area contributed by atoms with Crippen LogP contribution >= 0.6 is 0 Å². The largest absolute Gasteiger partial charge is 0.388 e. The lowest BCUT2D eigenvalue weighted by molar-refractivity contribution is 0.0651. The van der Waals surface area contributed by atoms with Crippen molar-refractivity contribution in [2.75, 3.05) is 14.2 Å². The molecule has 0 spiro atoms. The van der Waals surface area contributed by atoms with Crippen molar-refractivity contribution in [3.8, 4) is 0 Å². The van der Waals surface area contributed by atoms with Crippen molar-refractivity contribution in [1.82, 2.24) is 0 Å². The molecule has 0 saturated carbocycles. The summed E-state index contributed by atoms with van der Waals surface area (Å²) in [5, 5.41) is 11.5. The van der Waals surface area contributed by atoms with Crippen LogP contribution in [0.3, 0.4) is 0 Å². The van der Waals surface area contributed by atoms with E-state index >= 15 is 0 Å². The van der Waals surface area contributed by atoms with E-state index in [0.29, 0.717) is 5.56 Å². The van der Waals surface area contributed by atoms with Crippen LogP contribution in [0.1, 0.15) is 44.3 Å². The van der Waals surface area contributed by atoms with E-state index in [2.05, 4.69) is 53.3 Å². The molecular weight excluding hydrogens is 384 g/mol. The molecule has 0 radical (unpaired) electrons. The number of fused-ring (bicyclic) bond motifs is 2. The van der Waals surface area contributed by atoms with Crippen LogP contribution in [0.25, 0.3) is 6.08 Å². The topological polar surface area (TPSA) is 46.5 Å². The molecule has 3 heteroatoms. The van der Waals surface area contributed by atoms with Crippen molar-refractivity contribution < 1.29 is 14.6 Å². The number of benzene rings is 3. The average molecular weight is 413 g/mol. The zero-order valence-corrected chi connectivity index (χ0v) is 18.0. The van der Waals surface area contributed by atoms with E-state index in [0.717, 1.165) is 36.7 Å². The van der Waals surface area contributed by atoms with Crippen molar-refractivity contribution in [2.45, 2.75) is 25.4 Å². The maximum absolute atomic E-state index is 11.5. The summed E-state index contributed by atoms with van der Waals surface area (Å²) >= 11 is 0. The molecule has 0 aromatic heterocycles. The summed E-state index contributed by atoms with van der Waals surface area (Å²) in [6.45, 7) is 0. The first-order valence-electron chi connectivity index (χ1n) is 10.6. The van der Waals surface area contributed by atoms with Crippen LogP contribution in [-0.4, -0.2) is 25.6 Å². The van der Waals surface area contributed by atoms with Crippen molar-refractivity contribution in [2.24, 2.45) is 5.41 Å². The molecular formula is C28H28O3. The Balaban J connectivity index is 0.000000730. The van der Waals surface area contributed by atoms with Crippen LogP contribution in [0.4, 0.5) is 0 Å². The Hall–Kier alpha value is -3.01. The minimum atomic E-state index is -0.532. The predicted octanol–water partition coefficient (Wildman–Crippen LogP) is 5.22. The van der Waals surface area contributed by atoms with Gasteiger partial charge in [-0.05, 0) is 47.1 Å². The molecule has 31 heavy (non-hydrogen) atoms. The number of hydrogen-bond acceptors (Lipinski definition) is 3. The van der Waals surface area contributed by atoms with E-state index in [1.165, 1.54) is 22.3 Å². The SMILES string of the molecule is COC.O=Cc1ccc(CC2(C3=Cc4ccccc4C3)Cc3ccccc3C2O)cc1. The first-order chi connectivity index (χ1) is 15.1. The fraction of sp³-hybridized carbons (Fsp3) is 0.250. The summed E-state index contributed by atoms with van der Waals surface area (Å²) in [6, 6.07) is 24.5. The van der Waals surface area contributed by atoms with E-state index in [4.69, 9.17) is 0 Å². The first-order valence-corrected chi connectivity index (χ1v) is 10.6. The molecule has 0 amide bonds. The van der Waals surface area contributed by atoms with E-state index in [9.17, 15) is 9.90 Å². The molecule has 2 unspecified atom stereocenters. The summed E-state index contributed by atoms with van der Waals surface area (Å²) in [4.78, 5) is 11.0. The van der Waals surface area contributed by atoms with E-state index in [1.807, 2.05) is 30.3 Å². The molecule has 3 aromatic carbocycles. The van der Waals surface area contributed by atoms with Gasteiger partial charge in [-0.25, -0.2) is 0 Å². The molecule has 2 atom stereocenters. The number of rotatable bonds is 4. The highest BCUT2D eigenvalue weighted by Gasteiger charge is 2.48. The van der Waals surface area contributed by atoms with Gasteiger partial charge in [-0.2, -0.15) is 0 Å². The Labute approximate surface area is 184 Å². The smallest absolute Gasteiger partial charge is 0.150 e. The summed E-state index contributed by atoms with van der Waals surface area (Å²) in [6.07, 6.45) is 5.09. The Morgan fingerprint density at radius 3 is 2.26 bits per heavy atom. The van der Waals surface area contributed by atoms with E-state index in [1.54, 1.807) is 14.2 Å². The highest BCUT2D eigenvalue weighted by molar-refractivity contribution is 5.74. The number of aldehydes is 1. The van der Waals surface area contributed by atoms with Crippen molar-refractivity contribution in [3.05, 3.63) is 112 Å². The molecule has 2 aliphatic carbocycles. The second-order valence-electron chi connectivity index (χ2n) is 8.42. The molecule has 3 nitrogen and oxygen atoms in total. The Kier molecular flexibility index (Phi) is 6.17. The molecule has 3 aromatic rings. The number of methoxy groups -OCH3 is 1. The van der Waals surface area contributed by atoms with Crippen LogP contribution < -0.4 is 0 Å². The predicted molar refractivity (Wildman–Crippen MR) is 124 cm³/mol. The highest BCUT2D eigenvalue weighted by atomic mass is 16.4. The van der Waals surface area contributed by atoms with Gasteiger partial charge in [0.05, 0.1) is 6.10 Å². The Morgan fingerprint density at radius 2 is 1.61 bits per heavy atom. The van der Waals surface area contributed by atoms with Crippen LogP contribution in [0.5, 0.6) is 0 Å². The van der Waals surface area contributed by atoms with Crippen LogP contribution in [0, 0.1) is 5.41 Å². The van der Waals surface area contributed by atoms with Gasteiger partial charge in [0.1, 0.15) is 6.29 Å². The lowest BCUT2D eigenvalue weighted by Gasteiger charge is -2.35. The molecule has 0 heterocycles. The van der Waals surface area contributed by atoms with E-state index < -0.39 is 6.10 Å². The van der Waals surface area contributed by atoms with Gasteiger partial charge in [0, 0.05) is 25.2 Å². The second-order valence-corrected chi connectivity index (χ2v) is 8.42. The lowest BCUT2D eigenvalue weighted by Crippen LogP contribution is -2.31. The number of ether oxygens (including phenoxy) is 1. The van der Waals surface area contributed by atoms with Gasteiger partial charge in [0.25, 0.3) is 0 Å². The zero-order chi connectivity index (χ0) is 21.8. The minimum Gasteiger partial charge on any atom is -0.388 e. The Morgan fingerprint density at radius 1 is 0.968 bits per heavy atom. The zero-order valence-electron chi connectivity index (χ0n) is 18.0. The van der Waals surface area contributed by atoms with Crippen molar-refractivity contribution in [1.29, 1.82) is 0 Å². The van der Waals surface area contributed by atoms with Crippen LogP contribution in [0.2, 0.25) is 0 Å². The fourth-order valence-electron chi connectivity index (χ4n) is 4.94. The van der Waals surface area contributed by atoms with Gasteiger partial charge in [-0.15, -0.1) is 0 Å². The number of aliphatic hydroxyl groups is 1. The molecule has 2 aliphatic rings. The second kappa shape index (κ2) is 9.01. The van der Waals surface area contributed by atoms with Gasteiger partial charge in [0.2, 0.25) is 0 Å². The molecule has 5 rings (SSSR count). The minimum absolute atomic E-state index is 0.356. The van der Waals surface area contributed by atoms with Gasteiger partial charge < -0.3 is 9.84 Å². The van der Waals surface area contributed by atoms with Gasteiger partial charge in [-0.1, -0.05) is 84.4 Å². The molecule has 0 aliphatic heterocycles. The van der Waals surface area contributed by atoms with E-state index in [-0.39, 0.29) is 5.41 Å². The van der Waals surface area contributed by atoms with Crippen molar-refractivity contribution >= 4 is 12.4 Å². The molecule has 0 saturated heterocycles.